The molecule has 3 N–H and O–H groups in total. The number of nitrogens with two attached hydrogens (primary N) is 1. The van der Waals surface area contributed by atoms with Gasteiger partial charge in [0.2, 0.25) is 0 Å². The Balaban J connectivity index is 2.44. The fourth-order valence-corrected chi connectivity index (χ4v) is 2.25. The van der Waals surface area contributed by atoms with Gasteiger partial charge in [-0.2, -0.15) is 8.75 Å². The van der Waals surface area contributed by atoms with Crippen molar-refractivity contribution in [2.24, 2.45) is 12.9 Å². The normalized spacial score (nSPS) is 13.0. The Labute approximate surface area is 98.1 Å². The highest BCUT2D eigenvalue weighted by atomic mass is 79.9. The Hall–Kier alpha value is -0.900. The molecule has 0 aromatic carbocycles. The first-order valence-electron chi connectivity index (χ1n) is 4.02. The molecule has 7 nitrogen and oxygen atoms in total. The second-order valence-electron chi connectivity index (χ2n) is 2.82. The van der Waals surface area contributed by atoms with E-state index >= 15 is 0 Å². The lowest BCUT2D eigenvalue weighted by atomic mass is 10.2. The van der Waals surface area contributed by atoms with Crippen LogP contribution in [-0.2, 0) is 7.05 Å². The van der Waals surface area contributed by atoms with Crippen LogP contribution in [0, 0.1) is 0 Å². The zero-order valence-electron chi connectivity index (χ0n) is 7.75. The summed E-state index contributed by atoms with van der Waals surface area (Å²) in [7, 11) is 1.79. The van der Waals surface area contributed by atoms with Gasteiger partial charge in [0.05, 0.1) is 29.3 Å². The van der Waals surface area contributed by atoms with Crippen LogP contribution in [0.25, 0.3) is 0 Å². The summed E-state index contributed by atoms with van der Waals surface area (Å²) >= 11 is 4.44. The number of nitrogens with zero attached hydrogens (tertiary/aromatic N) is 5. The van der Waals surface area contributed by atoms with Gasteiger partial charge in [0.15, 0.2) is 4.60 Å². The molecule has 0 spiro atoms. The van der Waals surface area contributed by atoms with Gasteiger partial charge in [-0.1, -0.05) is 5.21 Å². The Kier molecular flexibility index (Phi) is 3.05. The fourth-order valence-electron chi connectivity index (χ4n) is 1.25. The molecular weight excluding hydrogens is 282 g/mol. The van der Waals surface area contributed by atoms with Crippen molar-refractivity contribution in [2.45, 2.75) is 6.04 Å². The van der Waals surface area contributed by atoms with Crippen LogP contribution in [0.2, 0.25) is 0 Å². The third kappa shape index (κ3) is 1.91. The third-order valence-electron chi connectivity index (χ3n) is 1.94. The molecule has 2 rings (SSSR count). The highest BCUT2D eigenvalue weighted by Crippen LogP contribution is 2.24. The minimum absolute atomic E-state index is 0.266. The second-order valence-corrected chi connectivity index (χ2v) is 4.13. The van der Waals surface area contributed by atoms with Crippen molar-refractivity contribution in [1.29, 1.82) is 0 Å². The lowest BCUT2D eigenvalue weighted by Crippen LogP contribution is -2.30. The maximum Gasteiger partial charge on any atom is 0.153 e. The molecule has 2 aromatic rings. The Morgan fingerprint density at radius 3 is 2.93 bits per heavy atom. The average molecular weight is 290 g/mol. The van der Waals surface area contributed by atoms with E-state index in [1.165, 1.54) is 0 Å². The van der Waals surface area contributed by atoms with Crippen molar-refractivity contribution in [3.8, 4) is 0 Å². The molecule has 1 atom stereocenters. The van der Waals surface area contributed by atoms with E-state index < -0.39 is 0 Å². The molecular formula is C6H8BrN7S. The van der Waals surface area contributed by atoms with E-state index in [9.17, 15) is 0 Å². The highest BCUT2D eigenvalue weighted by Gasteiger charge is 2.22. The SMILES string of the molecule is Cn1nnc(Br)c1C(NN)c1cnsn1. The number of aryl methyl sites for hydroxylation is 1. The number of halogens is 1. The van der Waals surface area contributed by atoms with Gasteiger partial charge in [-0.25, -0.2) is 10.1 Å². The Morgan fingerprint density at radius 2 is 2.47 bits per heavy atom. The smallest absolute Gasteiger partial charge is 0.153 e. The number of nitrogens with one attached hydrogen (secondary N) is 1. The molecule has 0 radical (unpaired) electrons. The number of hydrazine groups is 1. The van der Waals surface area contributed by atoms with Crippen molar-refractivity contribution in [1.82, 2.24) is 29.2 Å². The monoisotopic (exact) mass is 289 g/mol. The van der Waals surface area contributed by atoms with Crippen molar-refractivity contribution in [3.05, 3.63) is 22.2 Å². The summed E-state index contributed by atoms with van der Waals surface area (Å²) in [4.78, 5) is 0. The quantitative estimate of drug-likeness (QED) is 0.609. The molecule has 1 unspecified atom stereocenters. The largest absolute Gasteiger partial charge is 0.270 e. The summed E-state index contributed by atoms with van der Waals surface area (Å²) in [5.41, 5.74) is 4.22. The molecule has 80 valence electrons. The van der Waals surface area contributed by atoms with E-state index in [1.54, 1.807) is 17.9 Å². The van der Waals surface area contributed by atoms with Crippen LogP contribution in [0.4, 0.5) is 0 Å². The minimum atomic E-state index is -0.266. The zero-order valence-corrected chi connectivity index (χ0v) is 10.2. The van der Waals surface area contributed by atoms with E-state index in [0.717, 1.165) is 23.1 Å². The van der Waals surface area contributed by atoms with E-state index in [1.807, 2.05) is 0 Å². The third-order valence-corrected chi connectivity index (χ3v) is 3.00. The van der Waals surface area contributed by atoms with Gasteiger partial charge in [0.25, 0.3) is 0 Å². The second kappa shape index (κ2) is 4.31. The fraction of sp³-hybridized carbons (Fsp3) is 0.333. The minimum Gasteiger partial charge on any atom is -0.270 e. The van der Waals surface area contributed by atoms with Gasteiger partial charge < -0.3 is 0 Å². The van der Waals surface area contributed by atoms with Gasteiger partial charge in [0, 0.05) is 7.05 Å². The summed E-state index contributed by atoms with van der Waals surface area (Å²) in [6.45, 7) is 0. The molecule has 15 heavy (non-hydrogen) atoms. The maximum absolute atomic E-state index is 5.49. The number of hydrogen-bond donors (Lipinski definition) is 2. The molecule has 0 saturated carbocycles. The first-order chi connectivity index (χ1) is 7.24. The van der Waals surface area contributed by atoms with E-state index in [4.69, 9.17) is 5.84 Å². The van der Waals surface area contributed by atoms with Crippen LogP contribution in [0.1, 0.15) is 17.4 Å². The van der Waals surface area contributed by atoms with E-state index in [0.29, 0.717) is 4.60 Å². The van der Waals surface area contributed by atoms with Crippen LogP contribution < -0.4 is 11.3 Å². The van der Waals surface area contributed by atoms with Gasteiger partial charge in [-0.3, -0.25) is 5.84 Å². The predicted molar refractivity (Wildman–Crippen MR) is 57.8 cm³/mol. The molecule has 2 aromatic heterocycles. The van der Waals surface area contributed by atoms with Crippen LogP contribution in [-0.4, -0.2) is 23.7 Å². The summed E-state index contributed by atoms with van der Waals surface area (Å²) in [6, 6.07) is -0.266. The van der Waals surface area contributed by atoms with Gasteiger partial charge in [-0.15, -0.1) is 5.10 Å². The zero-order chi connectivity index (χ0) is 10.8. The molecule has 0 aliphatic heterocycles. The Bertz CT molecular complexity index is 419. The van der Waals surface area contributed by atoms with Crippen molar-refractivity contribution in [2.75, 3.05) is 0 Å². The summed E-state index contributed by atoms with van der Waals surface area (Å²) in [5, 5.41) is 7.76. The summed E-state index contributed by atoms with van der Waals surface area (Å²) < 4.78 is 10.3. The Morgan fingerprint density at radius 1 is 1.67 bits per heavy atom. The van der Waals surface area contributed by atoms with E-state index in [2.05, 4.69) is 40.4 Å². The molecule has 0 saturated heterocycles. The van der Waals surface area contributed by atoms with Crippen LogP contribution in [0.15, 0.2) is 10.8 Å². The van der Waals surface area contributed by atoms with Crippen molar-refractivity contribution in [3.63, 3.8) is 0 Å². The maximum atomic E-state index is 5.49. The molecule has 0 fully saturated rings. The van der Waals surface area contributed by atoms with Gasteiger partial charge >= 0.3 is 0 Å². The summed E-state index contributed by atoms with van der Waals surface area (Å²) in [6.07, 6.45) is 1.66. The van der Waals surface area contributed by atoms with Crippen molar-refractivity contribution >= 4 is 27.7 Å². The van der Waals surface area contributed by atoms with Crippen LogP contribution >= 0.6 is 27.7 Å². The first-order valence-corrected chi connectivity index (χ1v) is 5.55. The lowest BCUT2D eigenvalue weighted by molar-refractivity contribution is 0.561. The van der Waals surface area contributed by atoms with Gasteiger partial charge in [0.1, 0.15) is 6.04 Å². The average Bonchev–Trinajstić information content (AvgIpc) is 2.83. The van der Waals surface area contributed by atoms with Gasteiger partial charge in [-0.05, 0) is 15.9 Å². The predicted octanol–water partition coefficient (Wildman–Crippen LogP) is -0.0182. The topological polar surface area (TPSA) is 94.5 Å². The standard InChI is InChI=1S/C6H8BrN7S/c1-14-5(6(7)11-13-14)4(10-8)3-2-9-15-12-3/h2,4,10H,8H2,1H3. The number of hydrogen-bond acceptors (Lipinski definition) is 7. The number of rotatable bonds is 3. The van der Waals surface area contributed by atoms with Crippen LogP contribution in [0.5, 0.6) is 0 Å². The molecule has 0 aliphatic rings. The van der Waals surface area contributed by atoms with Crippen LogP contribution in [0.3, 0.4) is 0 Å². The highest BCUT2D eigenvalue weighted by molar-refractivity contribution is 9.10. The molecule has 9 heteroatoms. The molecule has 0 bridgehead atoms. The van der Waals surface area contributed by atoms with Crippen molar-refractivity contribution < 1.29 is 0 Å². The molecule has 2 heterocycles. The molecule has 0 aliphatic carbocycles. The summed E-state index contributed by atoms with van der Waals surface area (Å²) in [5.74, 6) is 5.49. The first kappa shape index (κ1) is 10.6. The molecule has 0 amide bonds. The number of aromatic nitrogens is 5. The lowest BCUT2D eigenvalue weighted by Gasteiger charge is -2.12. The van der Waals surface area contributed by atoms with E-state index in [-0.39, 0.29) is 6.04 Å².